The molecule has 2 aromatic rings. The summed E-state index contributed by atoms with van der Waals surface area (Å²) >= 11 is 9.18. The number of nitrogens with one attached hydrogen (secondary N) is 1. The van der Waals surface area contributed by atoms with E-state index in [4.69, 9.17) is 26.4 Å². The number of rotatable bonds is 7. The smallest absolute Gasteiger partial charge is 0.173 e. The van der Waals surface area contributed by atoms with Crippen molar-refractivity contribution in [2.45, 2.75) is 25.5 Å². The Labute approximate surface area is 180 Å². The third-order valence-corrected chi connectivity index (χ3v) is 5.54. The van der Waals surface area contributed by atoms with Crippen molar-refractivity contribution in [3.63, 3.8) is 0 Å². The van der Waals surface area contributed by atoms with Gasteiger partial charge in [-0.3, -0.25) is 0 Å². The molecular weight excluding hydrogens is 440 g/mol. The van der Waals surface area contributed by atoms with E-state index in [2.05, 4.69) is 26.1 Å². The lowest BCUT2D eigenvalue weighted by atomic mass is 10.1. The van der Waals surface area contributed by atoms with Gasteiger partial charge in [-0.25, -0.2) is 0 Å². The molecule has 3 rings (SSSR count). The van der Waals surface area contributed by atoms with E-state index in [1.807, 2.05) is 42.5 Å². The van der Waals surface area contributed by atoms with Gasteiger partial charge in [-0.1, -0.05) is 22.0 Å². The maximum atomic E-state index is 5.84. The number of methoxy groups -OCH3 is 2. The topological polar surface area (TPSA) is 43.0 Å². The van der Waals surface area contributed by atoms with Crippen molar-refractivity contribution >= 4 is 38.9 Å². The van der Waals surface area contributed by atoms with E-state index in [1.54, 1.807) is 14.2 Å². The molecule has 1 N–H and O–H groups in total. The third-order valence-electron chi connectivity index (χ3n) is 4.65. The van der Waals surface area contributed by atoms with Crippen LogP contribution in [0.15, 0.2) is 46.9 Å². The molecule has 1 aliphatic heterocycles. The standard InChI is InChI=1S/C21H25BrN2O3S/c1-25-19-10-5-15(12-20(19)26-2)13-24(14-18-4-3-11-27-18)21(28)23-17-8-6-16(22)7-9-17/h5-10,12,18H,3-4,11,13-14H2,1-2H3,(H,23,28). The SMILES string of the molecule is COc1ccc(CN(CC2CCCO2)C(=S)Nc2ccc(Br)cc2)cc1OC. The zero-order valence-corrected chi connectivity index (χ0v) is 18.5. The monoisotopic (exact) mass is 464 g/mol. The highest BCUT2D eigenvalue weighted by Gasteiger charge is 2.21. The summed E-state index contributed by atoms with van der Waals surface area (Å²) in [6, 6.07) is 13.9. The van der Waals surface area contributed by atoms with E-state index in [9.17, 15) is 0 Å². The largest absolute Gasteiger partial charge is 0.493 e. The van der Waals surface area contributed by atoms with Crippen LogP contribution in [0, 0.1) is 0 Å². The van der Waals surface area contributed by atoms with Crippen molar-refractivity contribution in [1.82, 2.24) is 4.90 Å². The second-order valence-corrected chi connectivity index (χ2v) is 7.94. The minimum absolute atomic E-state index is 0.199. The van der Waals surface area contributed by atoms with Crippen LogP contribution in [0.4, 0.5) is 5.69 Å². The lowest BCUT2D eigenvalue weighted by Gasteiger charge is -2.28. The van der Waals surface area contributed by atoms with E-state index in [0.717, 1.165) is 41.7 Å². The van der Waals surface area contributed by atoms with Crippen molar-refractivity contribution in [1.29, 1.82) is 0 Å². The first-order chi connectivity index (χ1) is 13.6. The molecule has 0 aromatic heterocycles. The molecule has 1 heterocycles. The summed E-state index contributed by atoms with van der Waals surface area (Å²) in [4.78, 5) is 2.15. The Morgan fingerprint density at radius 1 is 1.18 bits per heavy atom. The highest BCUT2D eigenvalue weighted by molar-refractivity contribution is 9.10. The first-order valence-corrected chi connectivity index (χ1v) is 10.4. The van der Waals surface area contributed by atoms with Crippen LogP contribution in [0.2, 0.25) is 0 Å². The molecule has 0 saturated carbocycles. The fraction of sp³-hybridized carbons (Fsp3) is 0.381. The van der Waals surface area contributed by atoms with Gasteiger partial charge in [0.15, 0.2) is 16.6 Å². The van der Waals surface area contributed by atoms with Crippen LogP contribution in [-0.2, 0) is 11.3 Å². The number of hydrogen-bond donors (Lipinski definition) is 1. The lowest BCUT2D eigenvalue weighted by molar-refractivity contribution is 0.0905. The van der Waals surface area contributed by atoms with Crippen LogP contribution in [0.25, 0.3) is 0 Å². The average molecular weight is 465 g/mol. The third kappa shape index (κ3) is 5.59. The van der Waals surface area contributed by atoms with E-state index in [-0.39, 0.29) is 6.10 Å². The molecule has 5 nitrogen and oxygen atoms in total. The minimum Gasteiger partial charge on any atom is -0.493 e. The van der Waals surface area contributed by atoms with E-state index in [1.165, 1.54) is 0 Å². The second kappa shape index (κ2) is 10.1. The number of halogens is 1. The molecule has 28 heavy (non-hydrogen) atoms. The van der Waals surface area contributed by atoms with Gasteiger partial charge in [0.05, 0.1) is 20.3 Å². The second-order valence-electron chi connectivity index (χ2n) is 6.64. The van der Waals surface area contributed by atoms with E-state index >= 15 is 0 Å². The molecule has 1 fully saturated rings. The van der Waals surface area contributed by atoms with Crippen LogP contribution in [-0.4, -0.2) is 43.5 Å². The Kier molecular flexibility index (Phi) is 7.53. The fourth-order valence-electron chi connectivity index (χ4n) is 3.19. The van der Waals surface area contributed by atoms with Gasteiger partial charge in [0.1, 0.15) is 0 Å². The summed E-state index contributed by atoms with van der Waals surface area (Å²) < 4.78 is 17.6. The van der Waals surface area contributed by atoms with Gasteiger partial charge in [0.2, 0.25) is 0 Å². The summed E-state index contributed by atoms with van der Waals surface area (Å²) in [5.41, 5.74) is 2.05. The van der Waals surface area contributed by atoms with E-state index < -0.39 is 0 Å². The Bertz CT molecular complexity index is 795. The zero-order chi connectivity index (χ0) is 19.9. The lowest BCUT2D eigenvalue weighted by Crippen LogP contribution is -2.39. The maximum absolute atomic E-state index is 5.84. The highest BCUT2D eigenvalue weighted by Crippen LogP contribution is 2.28. The molecule has 2 aromatic carbocycles. The van der Waals surface area contributed by atoms with Gasteiger partial charge >= 0.3 is 0 Å². The molecule has 1 unspecified atom stereocenters. The number of benzene rings is 2. The summed E-state index contributed by atoms with van der Waals surface area (Å²) in [5.74, 6) is 1.43. The Hall–Kier alpha value is -1.83. The molecular formula is C21H25BrN2O3S. The normalized spacial score (nSPS) is 15.9. The van der Waals surface area contributed by atoms with E-state index in [0.29, 0.717) is 23.2 Å². The Morgan fingerprint density at radius 2 is 1.93 bits per heavy atom. The summed E-state index contributed by atoms with van der Waals surface area (Å²) in [5, 5.41) is 4.01. The molecule has 0 amide bonds. The maximum Gasteiger partial charge on any atom is 0.173 e. The van der Waals surface area contributed by atoms with Gasteiger partial charge in [-0.05, 0) is 67.0 Å². The fourth-order valence-corrected chi connectivity index (χ4v) is 3.71. The average Bonchev–Trinajstić information content (AvgIpc) is 3.22. The number of ether oxygens (including phenoxy) is 3. The molecule has 0 bridgehead atoms. The summed E-state index contributed by atoms with van der Waals surface area (Å²) in [7, 11) is 3.28. The Morgan fingerprint density at radius 3 is 2.57 bits per heavy atom. The first kappa shape index (κ1) is 20.9. The predicted octanol–water partition coefficient (Wildman–Crippen LogP) is 4.84. The van der Waals surface area contributed by atoms with Crippen molar-refractivity contribution in [3.8, 4) is 11.5 Å². The minimum atomic E-state index is 0.199. The van der Waals surface area contributed by atoms with Crippen LogP contribution in [0.3, 0.4) is 0 Å². The van der Waals surface area contributed by atoms with Gasteiger partial charge in [0, 0.05) is 29.9 Å². The van der Waals surface area contributed by atoms with Crippen LogP contribution in [0.5, 0.6) is 11.5 Å². The van der Waals surface area contributed by atoms with Crippen molar-refractivity contribution in [2.75, 3.05) is 32.7 Å². The summed E-state index contributed by atoms with van der Waals surface area (Å²) in [6.45, 7) is 2.22. The van der Waals surface area contributed by atoms with Crippen LogP contribution >= 0.6 is 28.1 Å². The molecule has 1 atom stereocenters. The van der Waals surface area contributed by atoms with Gasteiger partial charge in [0.25, 0.3) is 0 Å². The van der Waals surface area contributed by atoms with Crippen LogP contribution in [0.1, 0.15) is 18.4 Å². The number of thiocarbonyl (C=S) groups is 1. The molecule has 7 heteroatoms. The van der Waals surface area contributed by atoms with Gasteiger partial charge in [-0.2, -0.15) is 0 Å². The summed E-state index contributed by atoms with van der Waals surface area (Å²) in [6.07, 6.45) is 2.36. The highest BCUT2D eigenvalue weighted by atomic mass is 79.9. The van der Waals surface area contributed by atoms with Gasteiger partial charge < -0.3 is 24.4 Å². The van der Waals surface area contributed by atoms with Crippen molar-refractivity contribution in [3.05, 3.63) is 52.5 Å². The molecule has 0 spiro atoms. The van der Waals surface area contributed by atoms with Crippen LogP contribution < -0.4 is 14.8 Å². The molecule has 1 aliphatic rings. The predicted molar refractivity (Wildman–Crippen MR) is 119 cm³/mol. The Balaban J connectivity index is 1.75. The number of hydrogen-bond acceptors (Lipinski definition) is 4. The zero-order valence-electron chi connectivity index (χ0n) is 16.1. The molecule has 0 aliphatic carbocycles. The first-order valence-electron chi connectivity index (χ1n) is 9.23. The number of anilines is 1. The molecule has 1 saturated heterocycles. The van der Waals surface area contributed by atoms with Gasteiger partial charge in [-0.15, -0.1) is 0 Å². The van der Waals surface area contributed by atoms with Crippen molar-refractivity contribution < 1.29 is 14.2 Å². The molecule has 0 radical (unpaired) electrons. The quantitative estimate of drug-likeness (QED) is 0.591. The number of nitrogens with zero attached hydrogens (tertiary/aromatic N) is 1. The van der Waals surface area contributed by atoms with Crippen molar-refractivity contribution in [2.24, 2.45) is 0 Å². The molecule has 150 valence electrons.